The van der Waals surface area contributed by atoms with Crippen molar-refractivity contribution >= 4 is 33.5 Å². The Morgan fingerprint density at radius 2 is 1.95 bits per heavy atom. The van der Waals surface area contributed by atoms with Crippen LogP contribution in [0.2, 0.25) is 0 Å². The summed E-state index contributed by atoms with van der Waals surface area (Å²) in [7, 11) is 1.56. The van der Waals surface area contributed by atoms with Gasteiger partial charge in [0.25, 0.3) is 5.91 Å². The number of amides is 1. The number of aromatic amines is 1. The molecule has 0 aliphatic heterocycles. The molecule has 1 heterocycles. The topological polar surface area (TPSA) is 80.4 Å². The summed E-state index contributed by atoms with van der Waals surface area (Å²) in [6.07, 6.45) is 0.690. The first-order valence-electron chi connectivity index (χ1n) is 6.49. The van der Waals surface area contributed by atoms with Crippen molar-refractivity contribution in [2.75, 3.05) is 12.4 Å². The Morgan fingerprint density at radius 3 is 2.50 bits per heavy atom. The van der Waals surface area contributed by atoms with Crippen LogP contribution in [0.15, 0.2) is 41.0 Å². The normalized spacial score (nSPS) is 11.6. The van der Waals surface area contributed by atoms with Crippen molar-refractivity contribution in [2.24, 2.45) is 0 Å². The van der Waals surface area contributed by atoms with Crippen LogP contribution in [0.1, 0.15) is 17.4 Å². The molecule has 0 saturated heterocycles. The number of anilines is 1. The highest BCUT2D eigenvalue weighted by molar-refractivity contribution is 9.10. The average Bonchev–Trinajstić information content (AvgIpc) is 2.94. The molecule has 2 rings (SSSR count). The number of methoxy groups -OCH3 is 1. The number of benzene rings is 1. The minimum absolute atomic E-state index is 0.274. The number of aromatic nitrogens is 1. The summed E-state index contributed by atoms with van der Waals surface area (Å²) in [6.45, 7) is 1.51. The fourth-order valence-electron chi connectivity index (χ4n) is 1.68. The standard InChI is InChI=1S/C15H15BrN2O4/c1-9(22-15(20)13-7-10(16)8-17-13)14(19)18-11-3-5-12(21-2)6-4-11/h3-9,17H,1-2H3,(H,18,19). The van der Waals surface area contributed by atoms with Gasteiger partial charge < -0.3 is 19.8 Å². The number of nitrogens with one attached hydrogen (secondary N) is 2. The van der Waals surface area contributed by atoms with Crippen LogP contribution in [0, 0.1) is 0 Å². The molecule has 2 aromatic rings. The lowest BCUT2D eigenvalue weighted by atomic mass is 10.3. The van der Waals surface area contributed by atoms with E-state index < -0.39 is 18.0 Å². The Balaban J connectivity index is 1.92. The molecule has 1 aromatic heterocycles. The zero-order chi connectivity index (χ0) is 16.1. The van der Waals surface area contributed by atoms with Gasteiger partial charge in [-0.25, -0.2) is 4.79 Å². The predicted molar refractivity (Wildman–Crippen MR) is 85.0 cm³/mol. The lowest BCUT2D eigenvalue weighted by Gasteiger charge is -2.13. The molecule has 1 atom stereocenters. The molecule has 7 heteroatoms. The van der Waals surface area contributed by atoms with Gasteiger partial charge in [-0.05, 0) is 53.2 Å². The van der Waals surface area contributed by atoms with E-state index in [9.17, 15) is 9.59 Å². The lowest BCUT2D eigenvalue weighted by Crippen LogP contribution is -2.30. The highest BCUT2D eigenvalue weighted by atomic mass is 79.9. The van der Waals surface area contributed by atoms with Crippen LogP contribution < -0.4 is 10.1 Å². The molecule has 0 aliphatic carbocycles. The Hall–Kier alpha value is -2.28. The molecule has 1 unspecified atom stereocenters. The molecule has 1 aromatic carbocycles. The van der Waals surface area contributed by atoms with Gasteiger partial charge in [0.1, 0.15) is 11.4 Å². The maximum atomic E-state index is 12.0. The Kier molecular flexibility index (Phi) is 5.21. The summed E-state index contributed by atoms with van der Waals surface area (Å²) >= 11 is 3.22. The van der Waals surface area contributed by atoms with Gasteiger partial charge in [0.2, 0.25) is 0 Å². The maximum Gasteiger partial charge on any atom is 0.355 e. The third kappa shape index (κ3) is 4.11. The molecule has 0 fully saturated rings. The van der Waals surface area contributed by atoms with Gasteiger partial charge in [-0.2, -0.15) is 0 Å². The van der Waals surface area contributed by atoms with Crippen LogP contribution >= 0.6 is 15.9 Å². The molecule has 0 bridgehead atoms. The predicted octanol–water partition coefficient (Wildman–Crippen LogP) is 2.97. The molecule has 22 heavy (non-hydrogen) atoms. The first-order valence-corrected chi connectivity index (χ1v) is 7.28. The quantitative estimate of drug-likeness (QED) is 0.797. The van der Waals surface area contributed by atoms with E-state index in [1.165, 1.54) is 6.92 Å². The number of ether oxygens (including phenoxy) is 2. The van der Waals surface area contributed by atoms with Gasteiger partial charge in [0.15, 0.2) is 6.10 Å². The molecule has 0 spiro atoms. The van der Waals surface area contributed by atoms with Gasteiger partial charge in [0, 0.05) is 16.4 Å². The summed E-state index contributed by atoms with van der Waals surface area (Å²) in [4.78, 5) is 26.6. The van der Waals surface area contributed by atoms with Crippen molar-refractivity contribution in [1.82, 2.24) is 4.98 Å². The highest BCUT2D eigenvalue weighted by Gasteiger charge is 2.19. The fraction of sp³-hybridized carbons (Fsp3) is 0.200. The molecule has 2 N–H and O–H groups in total. The first-order chi connectivity index (χ1) is 10.5. The van der Waals surface area contributed by atoms with Crippen molar-refractivity contribution in [3.05, 3.63) is 46.7 Å². The van der Waals surface area contributed by atoms with Gasteiger partial charge in [0.05, 0.1) is 7.11 Å². The monoisotopic (exact) mass is 366 g/mol. The van der Waals surface area contributed by atoms with Crippen LogP contribution in [0.5, 0.6) is 5.75 Å². The third-order valence-electron chi connectivity index (χ3n) is 2.88. The van der Waals surface area contributed by atoms with Crippen LogP contribution in [0.25, 0.3) is 0 Å². The molecular formula is C15H15BrN2O4. The molecule has 0 saturated carbocycles. The second kappa shape index (κ2) is 7.13. The number of rotatable bonds is 5. The Morgan fingerprint density at radius 1 is 1.27 bits per heavy atom. The zero-order valence-corrected chi connectivity index (χ0v) is 13.6. The van der Waals surface area contributed by atoms with Gasteiger partial charge >= 0.3 is 5.97 Å². The van der Waals surface area contributed by atoms with E-state index in [1.54, 1.807) is 43.6 Å². The van der Waals surface area contributed by atoms with Crippen molar-refractivity contribution in [3.63, 3.8) is 0 Å². The van der Waals surface area contributed by atoms with Crippen molar-refractivity contribution in [3.8, 4) is 5.75 Å². The minimum Gasteiger partial charge on any atom is -0.497 e. The van der Waals surface area contributed by atoms with Crippen LogP contribution in [-0.4, -0.2) is 30.1 Å². The summed E-state index contributed by atoms with van der Waals surface area (Å²) in [6, 6.07) is 8.43. The molecular weight excluding hydrogens is 352 g/mol. The minimum atomic E-state index is -0.920. The fourth-order valence-corrected chi connectivity index (χ4v) is 2.02. The third-order valence-corrected chi connectivity index (χ3v) is 3.34. The van der Waals surface area contributed by atoms with E-state index in [2.05, 4.69) is 26.2 Å². The Labute approximate surface area is 135 Å². The number of carbonyl (C=O) groups is 2. The second-order valence-electron chi connectivity index (χ2n) is 4.50. The average molecular weight is 367 g/mol. The molecule has 0 radical (unpaired) electrons. The van der Waals surface area contributed by atoms with Crippen molar-refractivity contribution in [2.45, 2.75) is 13.0 Å². The molecule has 1 amide bonds. The van der Waals surface area contributed by atoms with E-state index >= 15 is 0 Å². The highest BCUT2D eigenvalue weighted by Crippen LogP contribution is 2.16. The Bertz CT molecular complexity index is 666. The van der Waals surface area contributed by atoms with Crippen LogP contribution in [-0.2, 0) is 9.53 Å². The van der Waals surface area contributed by atoms with E-state index in [4.69, 9.17) is 9.47 Å². The summed E-state index contributed by atoms with van der Waals surface area (Å²) in [5.41, 5.74) is 0.868. The van der Waals surface area contributed by atoms with Gasteiger partial charge in [-0.15, -0.1) is 0 Å². The van der Waals surface area contributed by atoms with Gasteiger partial charge in [-0.1, -0.05) is 0 Å². The van der Waals surface area contributed by atoms with Crippen molar-refractivity contribution < 1.29 is 19.1 Å². The number of halogens is 1. The summed E-state index contributed by atoms with van der Waals surface area (Å²) in [5, 5.41) is 2.66. The molecule has 6 nitrogen and oxygen atoms in total. The largest absolute Gasteiger partial charge is 0.497 e. The molecule has 0 aliphatic rings. The number of H-pyrrole nitrogens is 1. The van der Waals surface area contributed by atoms with E-state index in [0.717, 1.165) is 4.47 Å². The number of hydrogen-bond donors (Lipinski definition) is 2. The SMILES string of the molecule is COc1ccc(NC(=O)C(C)OC(=O)c2cc(Br)c[nH]2)cc1. The van der Waals surface area contributed by atoms with E-state index in [0.29, 0.717) is 11.4 Å². The second-order valence-corrected chi connectivity index (χ2v) is 5.41. The van der Waals surface area contributed by atoms with Gasteiger partial charge in [-0.3, -0.25) is 4.79 Å². The van der Waals surface area contributed by atoms with Crippen LogP contribution in [0.3, 0.4) is 0 Å². The summed E-state index contributed by atoms with van der Waals surface area (Å²) < 4.78 is 10.9. The maximum absolute atomic E-state index is 12.0. The number of hydrogen-bond acceptors (Lipinski definition) is 4. The smallest absolute Gasteiger partial charge is 0.355 e. The number of carbonyl (C=O) groups excluding carboxylic acids is 2. The first kappa shape index (κ1) is 16.1. The van der Waals surface area contributed by atoms with E-state index in [1.807, 2.05) is 0 Å². The zero-order valence-electron chi connectivity index (χ0n) is 12.1. The number of esters is 1. The van der Waals surface area contributed by atoms with Crippen molar-refractivity contribution in [1.29, 1.82) is 0 Å². The van der Waals surface area contributed by atoms with Crippen LogP contribution in [0.4, 0.5) is 5.69 Å². The lowest BCUT2D eigenvalue weighted by molar-refractivity contribution is -0.123. The molecule has 116 valence electrons. The summed E-state index contributed by atoms with van der Waals surface area (Å²) in [5.74, 6) is -0.318. The van der Waals surface area contributed by atoms with E-state index in [-0.39, 0.29) is 5.69 Å².